The van der Waals surface area contributed by atoms with Crippen molar-refractivity contribution in [2.75, 3.05) is 13.7 Å². The average molecular weight is 292 g/mol. The highest BCUT2D eigenvalue weighted by atomic mass is 16.6. The zero-order valence-electron chi connectivity index (χ0n) is 11.1. The first-order valence-corrected chi connectivity index (χ1v) is 5.88. The van der Waals surface area contributed by atoms with Crippen LogP contribution in [0.4, 0.5) is 0 Å². The summed E-state index contributed by atoms with van der Waals surface area (Å²) in [7, 11) is 1.28. The van der Waals surface area contributed by atoms with Crippen molar-refractivity contribution >= 4 is 11.9 Å². The fraction of sp³-hybridized carbons (Fsp3) is 0.250. The zero-order chi connectivity index (χ0) is 15.2. The fourth-order valence-corrected chi connectivity index (χ4v) is 1.45. The summed E-state index contributed by atoms with van der Waals surface area (Å²) in [6.45, 7) is -0.532. The Morgan fingerprint density at radius 1 is 1.29 bits per heavy atom. The molecule has 0 aliphatic carbocycles. The van der Waals surface area contributed by atoms with Crippen LogP contribution in [0, 0.1) is 0 Å². The molecule has 0 aliphatic rings. The second kappa shape index (κ2) is 6.46. The number of hydrogen-bond acceptors (Lipinski definition) is 7. The maximum atomic E-state index is 10.9. The van der Waals surface area contributed by atoms with Gasteiger partial charge in [0, 0.05) is 5.56 Å². The molecule has 1 heterocycles. The van der Waals surface area contributed by atoms with Gasteiger partial charge in [-0.25, -0.2) is 4.79 Å². The van der Waals surface area contributed by atoms with Crippen molar-refractivity contribution in [1.82, 2.24) is 20.2 Å². The standard InChI is InChI=1S/C12H12N4O5/c1-20-11(19)7-21-9-4-2-8(3-5-9)12-13-15-16(14-12)6-10(17)18/h2-5H,6-7H2,1H3,(H,17,18). The van der Waals surface area contributed by atoms with E-state index in [-0.39, 0.29) is 13.2 Å². The molecule has 0 bridgehead atoms. The molecule has 1 aromatic heterocycles. The van der Waals surface area contributed by atoms with Gasteiger partial charge in [0.1, 0.15) is 5.75 Å². The first-order valence-electron chi connectivity index (χ1n) is 5.88. The molecule has 0 saturated heterocycles. The van der Waals surface area contributed by atoms with Gasteiger partial charge in [-0.15, -0.1) is 10.2 Å². The third-order valence-electron chi connectivity index (χ3n) is 2.43. The predicted molar refractivity (Wildman–Crippen MR) is 68.4 cm³/mol. The Morgan fingerprint density at radius 3 is 2.62 bits per heavy atom. The summed E-state index contributed by atoms with van der Waals surface area (Å²) in [6.07, 6.45) is 0. The lowest BCUT2D eigenvalue weighted by Gasteiger charge is -2.04. The number of rotatable bonds is 6. The van der Waals surface area contributed by atoms with Crippen molar-refractivity contribution in [3.05, 3.63) is 24.3 Å². The topological polar surface area (TPSA) is 116 Å². The average Bonchev–Trinajstić information content (AvgIpc) is 2.93. The van der Waals surface area contributed by atoms with Crippen molar-refractivity contribution in [2.45, 2.75) is 6.54 Å². The number of carboxylic acid groups (broad SMARTS) is 1. The molecule has 9 heteroatoms. The first-order chi connectivity index (χ1) is 10.1. The number of hydrogen-bond donors (Lipinski definition) is 1. The molecule has 2 rings (SSSR count). The van der Waals surface area contributed by atoms with E-state index in [0.717, 1.165) is 4.80 Å². The van der Waals surface area contributed by atoms with Crippen LogP contribution in [0.3, 0.4) is 0 Å². The number of carbonyl (C=O) groups excluding carboxylic acids is 1. The maximum Gasteiger partial charge on any atom is 0.343 e. The van der Waals surface area contributed by atoms with Gasteiger partial charge in [-0.1, -0.05) is 0 Å². The van der Waals surface area contributed by atoms with E-state index >= 15 is 0 Å². The molecule has 110 valence electrons. The highest BCUT2D eigenvalue weighted by molar-refractivity contribution is 5.71. The van der Waals surface area contributed by atoms with E-state index in [0.29, 0.717) is 17.1 Å². The smallest absolute Gasteiger partial charge is 0.343 e. The minimum atomic E-state index is -1.05. The highest BCUT2D eigenvalue weighted by Gasteiger charge is 2.09. The van der Waals surface area contributed by atoms with Crippen LogP contribution in [0.25, 0.3) is 11.4 Å². The molecule has 0 fully saturated rings. The number of aliphatic carboxylic acids is 1. The number of aromatic nitrogens is 4. The lowest BCUT2D eigenvalue weighted by Crippen LogP contribution is -2.12. The third-order valence-corrected chi connectivity index (χ3v) is 2.43. The van der Waals surface area contributed by atoms with Crippen molar-refractivity contribution in [3.8, 4) is 17.1 Å². The van der Waals surface area contributed by atoms with E-state index in [1.54, 1.807) is 24.3 Å². The van der Waals surface area contributed by atoms with Crippen molar-refractivity contribution in [1.29, 1.82) is 0 Å². The molecule has 0 spiro atoms. The number of nitrogens with zero attached hydrogens (tertiary/aromatic N) is 4. The van der Waals surface area contributed by atoms with Crippen LogP contribution in [-0.4, -0.2) is 51.0 Å². The summed E-state index contributed by atoms with van der Waals surface area (Å²) in [6, 6.07) is 6.62. The van der Waals surface area contributed by atoms with Crippen molar-refractivity contribution < 1.29 is 24.2 Å². The number of esters is 1. The lowest BCUT2D eigenvalue weighted by molar-refractivity contribution is -0.143. The SMILES string of the molecule is COC(=O)COc1ccc(-c2nnn(CC(=O)O)n2)cc1. The molecule has 0 radical (unpaired) electrons. The molecular weight excluding hydrogens is 280 g/mol. The molecule has 1 N–H and O–H groups in total. The normalized spacial score (nSPS) is 10.1. The van der Waals surface area contributed by atoms with Crippen LogP contribution < -0.4 is 4.74 Å². The number of carbonyl (C=O) groups is 2. The Balaban J connectivity index is 2.03. The number of carboxylic acids is 1. The third kappa shape index (κ3) is 4.00. The summed E-state index contributed by atoms with van der Waals surface area (Å²) < 4.78 is 9.65. The van der Waals surface area contributed by atoms with Gasteiger partial charge in [0.25, 0.3) is 0 Å². The molecule has 0 unspecified atom stereocenters. The summed E-state index contributed by atoms with van der Waals surface area (Å²) >= 11 is 0. The van der Waals surface area contributed by atoms with Crippen LogP contribution in [0.15, 0.2) is 24.3 Å². The van der Waals surface area contributed by atoms with Gasteiger partial charge in [-0.05, 0) is 29.5 Å². The highest BCUT2D eigenvalue weighted by Crippen LogP contribution is 2.18. The van der Waals surface area contributed by atoms with Crippen molar-refractivity contribution in [2.24, 2.45) is 0 Å². The van der Waals surface area contributed by atoms with E-state index in [1.807, 2.05) is 0 Å². The van der Waals surface area contributed by atoms with E-state index in [2.05, 4.69) is 20.1 Å². The van der Waals surface area contributed by atoms with Gasteiger partial charge in [-0.3, -0.25) is 4.79 Å². The Labute approximate surface area is 119 Å². The summed E-state index contributed by atoms with van der Waals surface area (Å²) in [5.41, 5.74) is 0.650. The Morgan fingerprint density at radius 2 is 2.00 bits per heavy atom. The quantitative estimate of drug-likeness (QED) is 0.738. The van der Waals surface area contributed by atoms with Crippen LogP contribution >= 0.6 is 0 Å². The second-order valence-corrected chi connectivity index (χ2v) is 3.93. The minimum absolute atomic E-state index is 0.178. The number of benzene rings is 1. The van der Waals surface area contributed by atoms with Crippen molar-refractivity contribution in [3.63, 3.8) is 0 Å². The Bertz CT molecular complexity index is 637. The molecule has 21 heavy (non-hydrogen) atoms. The van der Waals surface area contributed by atoms with Crippen LogP contribution in [-0.2, 0) is 20.9 Å². The number of ether oxygens (including phenoxy) is 2. The molecule has 2 aromatic rings. The van der Waals surface area contributed by atoms with Gasteiger partial charge in [-0.2, -0.15) is 4.80 Å². The van der Waals surface area contributed by atoms with Gasteiger partial charge >= 0.3 is 11.9 Å². The molecule has 0 aliphatic heterocycles. The van der Waals surface area contributed by atoms with Crippen LogP contribution in [0.5, 0.6) is 5.75 Å². The van der Waals surface area contributed by atoms with Gasteiger partial charge < -0.3 is 14.6 Å². The Hall–Kier alpha value is -2.97. The summed E-state index contributed by atoms with van der Waals surface area (Å²) in [5.74, 6) is -0.735. The molecule has 9 nitrogen and oxygen atoms in total. The number of methoxy groups -OCH3 is 1. The monoisotopic (exact) mass is 292 g/mol. The molecule has 0 amide bonds. The first kappa shape index (κ1) is 14.4. The van der Waals surface area contributed by atoms with Gasteiger partial charge in [0.15, 0.2) is 13.2 Å². The van der Waals surface area contributed by atoms with Gasteiger partial charge in [0.05, 0.1) is 7.11 Å². The number of tetrazole rings is 1. The van der Waals surface area contributed by atoms with E-state index < -0.39 is 11.9 Å². The fourth-order valence-electron chi connectivity index (χ4n) is 1.45. The molecule has 0 saturated carbocycles. The zero-order valence-corrected chi connectivity index (χ0v) is 11.1. The minimum Gasteiger partial charge on any atom is -0.482 e. The Kier molecular flexibility index (Phi) is 4.44. The lowest BCUT2D eigenvalue weighted by atomic mass is 10.2. The molecule has 0 atom stereocenters. The second-order valence-electron chi connectivity index (χ2n) is 3.93. The van der Waals surface area contributed by atoms with E-state index in [1.165, 1.54) is 7.11 Å². The largest absolute Gasteiger partial charge is 0.482 e. The van der Waals surface area contributed by atoms with Crippen LogP contribution in [0.2, 0.25) is 0 Å². The van der Waals surface area contributed by atoms with E-state index in [4.69, 9.17) is 9.84 Å². The predicted octanol–water partition coefficient (Wildman–Crippen LogP) is -0.0235. The summed E-state index contributed by atoms with van der Waals surface area (Å²) in [5, 5.41) is 19.9. The summed E-state index contributed by atoms with van der Waals surface area (Å²) in [4.78, 5) is 22.5. The maximum absolute atomic E-state index is 10.9. The molecule has 1 aromatic carbocycles. The molecular formula is C12H12N4O5. The van der Waals surface area contributed by atoms with Gasteiger partial charge in [0.2, 0.25) is 5.82 Å². The van der Waals surface area contributed by atoms with E-state index in [9.17, 15) is 9.59 Å². The van der Waals surface area contributed by atoms with Crippen LogP contribution in [0.1, 0.15) is 0 Å².